The van der Waals surface area contributed by atoms with Crippen LogP contribution in [0.5, 0.6) is 0 Å². The van der Waals surface area contributed by atoms with Gasteiger partial charge in [-0.3, -0.25) is 0 Å². The Kier molecular flexibility index (Phi) is 107. The van der Waals surface area contributed by atoms with Crippen LogP contribution < -0.4 is 0 Å². The molecule has 24 nitrogen and oxygen atoms in total. The first-order chi connectivity index (χ1) is 49.4. The molecule has 0 aromatic carbocycles. The molecule has 0 aromatic heterocycles. The molecule has 596 valence electrons. The van der Waals surface area contributed by atoms with E-state index in [0.29, 0.717) is 0 Å². The minimum Gasteiger partial charge on any atom is -0.449 e. The molecule has 0 saturated heterocycles. The molecule has 0 N–H and O–H groups in total. The molecule has 0 saturated carbocycles. The summed E-state index contributed by atoms with van der Waals surface area (Å²) in [4.78, 5) is 0. The standard InChI is InChI=1S/C50H152O24Si25/c1-2-3-4-5-6-7-8-9-10-11-12-13-14-15-16-17-18-19-20-21-22-23-24-25-26-27-28-29-30-31-32-33-34-35-36-37-38-39-40-41-42-43-44-45-46-47-48-49-50-76-52-78-54-80-56-82-58-84-60-86-62-88-64-90-66-92-68-94-70-96-72-98-74-99-73-97-71-95-69-93-67-91-65-89-63-87-61-85-59-83-57-81-55-79-53-77-51-75/h2-50,76-99H2,1,75H3. The van der Waals surface area contributed by atoms with Crippen molar-refractivity contribution in [1.82, 2.24) is 0 Å². The lowest BCUT2D eigenvalue weighted by Crippen LogP contribution is -2.23. The highest BCUT2D eigenvalue weighted by atomic mass is 28.4. The van der Waals surface area contributed by atoms with E-state index in [9.17, 15) is 0 Å². The number of rotatable bonds is 96. The van der Waals surface area contributed by atoms with Gasteiger partial charge in [0.2, 0.25) is 0 Å². The number of hydrogen-bond acceptors (Lipinski definition) is 24. The van der Waals surface area contributed by atoms with Crippen LogP contribution in [0.25, 0.3) is 0 Å². The molecule has 0 aliphatic heterocycles. The molecule has 0 atom stereocenters. The Morgan fingerprint density at radius 1 is 0.141 bits per heavy atom. The highest BCUT2D eigenvalue weighted by Gasteiger charge is 2.04. The van der Waals surface area contributed by atoms with Gasteiger partial charge < -0.3 is 98.8 Å². The molecular formula is C50H152O24Si25. The fourth-order valence-electron chi connectivity index (χ4n) is 10.8. The first-order valence-electron chi connectivity index (χ1n) is 39.2. The van der Waals surface area contributed by atoms with E-state index in [-0.39, 0.29) is 0 Å². The molecule has 0 bridgehead atoms. The Morgan fingerprint density at radius 2 is 0.253 bits per heavy atom. The normalized spacial score (nSPS) is 14.8. The second kappa shape index (κ2) is 102. The summed E-state index contributed by atoms with van der Waals surface area (Å²) in [6.45, 7) is 2.31. The Labute approximate surface area is 664 Å². The first-order valence-corrected chi connectivity index (χ1v) is 68.1. The van der Waals surface area contributed by atoms with E-state index in [2.05, 4.69) is 6.92 Å². The average molecular weight is 1840 g/mol. The van der Waals surface area contributed by atoms with Crippen LogP contribution in [0.15, 0.2) is 0 Å². The van der Waals surface area contributed by atoms with Crippen LogP contribution in [-0.4, -0.2) is 250 Å². The zero-order chi connectivity index (χ0) is 70.6. The molecule has 0 heterocycles. The van der Waals surface area contributed by atoms with Crippen LogP contribution in [0, 0.1) is 0 Å². The number of hydrogen-bond donors (Lipinski definition) is 0. The topological polar surface area (TPSA) is 222 Å². The smallest absolute Gasteiger partial charge is 0.286 e. The van der Waals surface area contributed by atoms with Crippen molar-refractivity contribution >= 4 is 250 Å². The van der Waals surface area contributed by atoms with Gasteiger partial charge in [-0.25, -0.2) is 0 Å². The Bertz CT molecular complexity index is 1330. The predicted molar refractivity (Wildman–Crippen MR) is 473 cm³/mol. The fourth-order valence-corrected chi connectivity index (χ4v) is 54.5. The summed E-state index contributed by atoms with van der Waals surface area (Å²) in [5, 5.41) is 0. The van der Waals surface area contributed by atoms with Crippen LogP contribution in [0.2, 0.25) is 6.04 Å². The monoisotopic (exact) mass is 1840 g/mol. The van der Waals surface area contributed by atoms with Crippen LogP contribution in [0.3, 0.4) is 0 Å². The van der Waals surface area contributed by atoms with E-state index in [4.69, 9.17) is 98.8 Å². The van der Waals surface area contributed by atoms with E-state index < -0.39 is 240 Å². The van der Waals surface area contributed by atoms with Crippen molar-refractivity contribution in [3.05, 3.63) is 0 Å². The summed E-state index contributed by atoms with van der Waals surface area (Å²) in [7, 11) is -23.1. The van der Waals surface area contributed by atoms with Crippen molar-refractivity contribution < 1.29 is 98.8 Å². The molecule has 0 fully saturated rings. The van der Waals surface area contributed by atoms with Crippen LogP contribution in [0.1, 0.15) is 315 Å². The van der Waals surface area contributed by atoms with Gasteiger partial charge in [-0.1, -0.05) is 315 Å². The minimum atomic E-state index is -1.07. The van der Waals surface area contributed by atoms with Crippen molar-refractivity contribution in [1.29, 1.82) is 0 Å². The quantitative estimate of drug-likeness (QED) is 0.0411. The lowest BCUT2D eigenvalue weighted by molar-refractivity contribution is 0.355. The third kappa shape index (κ3) is 102. The van der Waals surface area contributed by atoms with Gasteiger partial charge in [0.15, 0.2) is 0 Å². The summed E-state index contributed by atoms with van der Waals surface area (Å²) in [6, 6.07) is 1.28. The third-order valence-corrected chi connectivity index (χ3v) is 49.1. The molecule has 0 radical (unpaired) electrons. The van der Waals surface area contributed by atoms with Gasteiger partial charge in [-0.05, 0) is 6.04 Å². The molecule has 49 heteroatoms. The van der Waals surface area contributed by atoms with Crippen molar-refractivity contribution in [2.75, 3.05) is 0 Å². The van der Waals surface area contributed by atoms with Gasteiger partial charge in [-0.2, -0.15) is 0 Å². The second-order valence-electron chi connectivity index (χ2n) is 25.4. The predicted octanol–water partition coefficient (Wildman–Crippen LogP) is -5.12. The summed E-state index contributed by atoms with van der Waals surface area (Å²) < 4.78 is 133. The van der Waals surface area contributed by atoms with Crippen molar-refractivity contribution in [3.63, 3.8) is 0 Å². The fraction of sp³-hybridized carbons (Fsp3) is 1.00. The van der Waals surface area contributed by atoms with Gasteiger partial charge in [0.05, 0.1) is 0 Å². The molecule has 0 amide bonds. The van der Waals surface area contributed by atoms with Crippen molar-refractivity contribution in [2.24, 2.45) is 0 Å². The lowest BCUT2D eigenvalue weighted by atomic mass is 10.0. The number of unbranched alkanes of at least 4 members (excludes halogenated alkanes) is 47. The van der Waals surface area contributed by atoms with E-state index in [1.54, 1.807) is 0 Å². The maximum absolute atomic E-state index is 5.92. The summed E-state index contributed by atoms with van der Waals surface area (Å²) in [6.07, 6.45) is 70.1. The van der Waals surface area contributed by atoms with E-state index >= 15 is 0 Å². The van der Waals surface area contributed by atoms with Crippen LogP contribution in [0.4, 0.5) is 0 Å². The summed E-state index contributed by atoms with van der Waals surface area (Å²) >= 11 is 0. The van der Waals surface area contributed by atoms with E-state index in [1.807, 2.05) is 0 Å². The molecule has 0 spiro atoms. The SMILES string of the molecule is CCCCCCCCCCCCCCCCCCCCCCCCCCCCCCCCCCCCCCCCCCCCCCCCCC[SiH2]O[SiH2]O[SiH2]O[SiH2]O[SiH2]O[SiH2]O[SiH2]O[SiH2]O[SiH2]O[SiH2]O[SiH2]O[SiH2]O[SiH2]O[SiH2]O[SiH2]O[SiH2]O[SiH2]O[SiH2]O[SiH2]O[SiH2]O[SiH2]O[SiH2]O[SiH2]O[SiH2]O[SiH3]. The zero-order valence-electron chi connectivity index (χ0n) is 63.4. The Balaban J connectivity index is 3.09. The highest BCUT2D eigenvalue weighted by Crippen LogP contribution is 2.19. The van der Waals surface area contributed by atoms with Crippen LogP contribution in [-0.2, 0) is 98.8 Å². The van der Waals surface area contributed by atoms with Gasteiger partial charge in [0, 0.05) is 0 Å². The lowest BCUT2D eigenvalue weighted by Gasteiger charge is -2.10. The van der Waals surface area contributed by atoms with Crippen molar-refractivity contribution in [3.8, 4) is 0 Å². The van der Waals surface area contributed by atoms with Gasteiger partial charge in [-0.15, -0.1) is 0 Å². The molecule has 0 unspecified atom stereocenters. The third-order valence-electron chi connectivity index (χ3n) is 16.3. The minimum absolute atomic E-state index is 0.428. The second-order valence-corrected chi connectivity index (χ2v) is 71.8. The summed E-state index contributed by atoms with van der Waals surface area (Å²) in [5.41, 5.74) is 0. The zero-order valence-corrected chi connectivity index (χ0v) is 99.4. The summed E-state index contributed by atoms with van der Waals surface area (Å²) in [5.74, 6) is 0. The Morgan fingerprint density at radius 3 is 0.384 bits per heavy atom. The van der Waals surface area contributed by atoms with E-state index in [0.717, 1.165) is 10.5 Å². The van der Waals surface area contributed by atoms with Crippen molar-refractivity contribution in [2.45, 2.75) is 321 Å². The molecule has 0 aliphatic rings. The van der Waals surface area contributed by atoms with Gasteiger partial charge >= 0.3 is 0 Å². The van der Waals surface area contributed by atoms with Gasteiger partial charge in [0.25, 0.3) is 230 Å². The highest BCUT2D eigenvalue weighted by molar-refractivity contribution is 6.53. The Hall–Kier alpha value is 4.46. The average Bonchev–Trinajstić information content (AvgIpc) is 3.64. The molecule has 0 aliphatic carbocycles. The molecule has 99 heavy (non-hydrogen) atoms. The van der Waals surface area contributed by atoms with Gasteiger partial charge in [0.1, 0.15) is 20.2 Å². The molecule has 0 aromatic rings. The molecule has 0 rings (SSSR count). The molecular weight excluding hydrogens is 1690 g/mol. The first kappa shape index (κ1) is 103. The maximum Gasteiger partial charge on any atom is 0.286 e. The van der Waals surface area contributed by atoms with Crippen LogP contribution >= 0.6 is 0 Å². The largest absolute Gasteiger partial charge is 0.449 e. The maximum atomic E-state index is 5.92. The van der Waals surface area contributed by atoms with E-state index in [1.165, 1.54) is 314 Å².